The number of hydrogen-bond acceptors (Lipinski definition) is 5. The standard InChI is InChI=1S/C15H25N3O4S/c1-12(15(19)16-8-9-18(2)3)11-23(20,21)17-13-6-5-7-14(10-13)22-4/h5-7,10,12,17H,8-9,11H2,1-4H3,(H,16,19). The number of carbonyl (C=O) groups excluding carboxylic acids is 1. The van der Waals surface area contributed by atoms with Crippen molar-refractivity contribution in [3.8, 4) is 5.75 Å². The van der Waals surface area contributed by atoms with Crippen LogP contribution in [0.5, 0.6) is 5.75 Å². The first kappa shape index (κ1) is 19.2. The summed E-state index contributed by atoms with van der Waals surface area (Å²) in [4.78, 5) is 13.8. The van der Waals surface area contributed by atoms with Crippen molar-refractivity contribution < 1.29 is 17.9 Å². The van der Waals surface area contributed by atoms with Gasteiger partial charge in [-0.3, -0.25) is 9.52 Å². The van der Waals surface area contributed by atoms with Crippen molar-refractivity contribution in [1.29, 1.82) is 0 Å². The van der Waals surface area contributed by atoms with E-state index >= 15 is 0 Å². The topological polar surface area (TPSA) is 87.7 Å². The highest BCUT2D eigenvalue weighted by Gasteiger charge is 2.21. The van der Waals surface area contributed by atoms with Crippen LogP contribution in [0.25, 0.3) is 0 Å². The van der Waals surface area contributed by atoms with Gasteiger partial charge in [0.05, 0.1) is 24.5 Å². The number of nitrogens with zero attached hydrogens (tertiary/aromatic N) is 1. The number of amides is 1. The minimum Gasteiger partial charge on any atom is -0.497 e. The number of carbonyl (C=O) groups is 1. The van der Waals surface area contributed by atoms with Crippen LogP contribution in [-0.4, -0.2) is 59.3 Å². The number of anilines is 1. The first-order valence-corrected chi connectivity index (χ1v) is 8.95. The Labute approximate surface area is 138 Å². The van der Waals surface area contributed by atoms with E-state index in [2.05, 4.69) is 10.0 Å². The third-order valence-electron chi connectivity index (χ3n) is 3.12. The Hall–Kier alpha value is -1.80. The van der Waals surface area contributed by atoms with E-state index in [1.54, 1.807) is 31.2 Å². The second kappa shape index (κ2) is 8.73. The van der Waals surface area contributed by atoms with E-state index in [1.165, 1.54) is 7.11 Å². The van der Waals surface area contributed by atoms with E-state index in [4.69, 9.17) is 4.74 Å². The number of ether oxygens (including phenoxy) is 1. The van der Waals surface area contributed by atoms with Gasteiger partial charge < -0.3 is 15.0 Å². The summed E-state index contributed by atoms with van der Waals surface area (Å²) < 4.78 is 31.8. The Morgan fingerprint density at radius 3 is 2.65 bits per heavy atom. The number of likely N-dealkylation sites (N-methyl/N-ethyl adjacent to an activating group) is 1. The van der Waals surface area contributed by atoms with Crippen LogP contribution in [0, 0.1) is 5.92 Å². The first-order chi connectivity index (χ1) is 10.7. The van der Waals surface area contributed by atoms with Gasteiger partial charge in [0.2, 0.25) is 15.9 Å². The number of nitrogens with one attached hydrogen (secondary N) is 2. The molecule has 0 aliphatic carbocycles. The average molecular weight is 343 g/mol. The highest BCUT2D eigenvalue weighted by Crippen LogP contribution is 2.18. The Kier molecular flexibility index (Phi) is 7.31. The van der Waals surface area contributed by atoms with Crippen molar-refractivity contribution in [3.63, 3.8) is 0 Å². The maximum absolute atomic E-state index is 12.2. The molecule has 0 radical (unpaired) electrons. The molecule has 1 atom stereocenters. The van der Waals surface area contributed by atoms with Crippen LogP contribution >= 0.6 is 0 Å². The van der Waals surface area contributed by atoms with Crippen molar-refractivity contribution in [2.45, 2.75) is 6.92 Å². The number of benzene rings is 1. The van der Waals surface area contributed by atoms with Crippen molar-refractivity contribution in [2.24, 2.45) is 5.92 Å². The molecule has 0 aromatic heterocycles. The maximum Gasteiger partial charge on any atom is 0.233 e. The predicted molar refractivity (Wildman–Crippen MR) is 91.1 cm³/mol. The van der Waals surface area contributed by atoms with Crippen LogP contribution < -0.4 is 14.8 Å². The van der Waals surface area contributed by atoms with Gasteiger partial charge in [0, 0.05) is 19.2 Å². The van der Waals surface area contributed by atoms with Crippen LogP contribution in [0.1, 0.15) is 6.92 Å². The second-order valence-corrected chi connectivity index (χ2v) is 7.38. The highest BCUT2D eigenvalue weighted by atomic mass is 32.2. The minimum absolute atomic E-state index is 0.275. The van der Waals surface area contributed by atoms with E-state index in [-0.39, 0.29) is 11.7 Å². The normalized spacial score (nSPS) is 12.7. The zero-order valence-electron chi connectivity index (χ0n) is 14.0. The lowest BCUT2D eigenvalue weighted by Gasteiger charge is -2.15. The Morgan fingerprint density at radius 1 is 1.35 bits per heavy atom. The molecular formula is C15H25N3O4S. The first-order valence-electron chi connectivity index (χ1n) is 7.30. The van der Waals surface area contributed by atoms with E-state index < -0.39 is 15.9 Å². The third kappa shape index (κ3) is 7.34. The maximum atomic E-state index is 12.2. The van der Waals surface area contributed by atoms with Crippen LogP contribution in [-0.2, 0) is 14.8 Å². The molecule has 1 aromatic rings. The van der Waals surface area contributed by atoms with Gasteiger partial charge in [-0.15, -0.1) is 0 Å². The van der Waals surface area contributed by atoms with Gasteiger partial charge in [0.15, 0.2) is 0 Å². The van der Waals surface area contributed by atoms with Gasteiger partial charge in [-0.25, -0.2) is 8.42 Å². The Bertz CT molecular complexity index is 617. The molecule has 0 spiro atoms. The molecule has 7 nitrogen and oxygen atoms in total. The summed E-state index contributed by atoms with van der Waals surface area (Å²) in [6.45, 7) is 2.78. The average Bonchev–Trinajstić information content (AvgIpc) is 2.45. The van der Waals surface area contributed by atoms with E-state index in [1.807, 2.05) is 19.0 Å². The van der Waals surface area contributed by atoms with Gasteiger partial charge in [-0.2, -0.15) is 0 Å². The SMILES string of the molecule is COc1cccc(NS(=O)(=O)CC(C)C(=O)NCCN(C)C)c1. The summed E-state index contributed by atoms with van der Waals surface area (Å²) in [5.74, 6) is -0.638. The molecule has 0 saturated carbocycles. The molecule has 0 aliphatic heterocycles. The van der Waals surface area contributed by atoms with E-state index in [0.29, 0.717) is 24.5 Å². The molecule has 0 fully saturated rings. The monoisotopic (exact) mass is 343 g/mol. The summed E-state index contributed by atoms with van der Waals surface area (Å²) in [5, 5.41) is 2.73. The van der Waals surface area contributed by atoms with Gasteiger partial charge >= 0.3 is 0 Å². The van der Waals surface area contributed by atoms with Crippen molar-refractivity contribution in [3.05, 3.63) is 24.3 Å². The largest absolute Gasteiger partial charge is 0.497 e. The second-order valence-electron chi connectivity index (χ2n) is 5.61. The Morgan fingerprint density at radius 2 is 2.04 bits per heavy atom. The summed E-state index contributed by atoms with van der Waals surface area (Å²) in [6, 6.07) is 6.62. The lowest BCUT2D eigenvalue weighted by molar-refractivity contribution is -0.123. The molecule has 23 heavy (non-hydrogen) atoms. The van der Waals surface area contributed by atoms with Gasteiger partial charge in [0.1, 0.15) is 5.75 Å². The summed E-state index contributed by atoms with van der Waals surface area (Å²) >= 11 is 0. The van der Waals surface area contributed by atoms with Gasteiger partial charge in [-0.05, 0) is 26.2 Å². The number of sulfonamides is 1. The predicted octanol–water partition coefficient (Wildman–Crippen LogP) is 0.751. The van der Waals surface area contributed by atoms with Crippen LogP contribution in [0.2, 0.25) is 0 Å². The molecule has 1 amide bonds. The smallest absolute Gasteiger partial charge is 0.233 e. The van der Waals surface area contributed by atoms with Crippen molar-refractivity contribution in [2.75, 3.05) is 44.8 Å². The van der Waals surface area contributed by atoms with Gasteiger partial charge in [-0.1, -0.05) is 13.0 Å². The summed E-state index contributed by atoms with van der Waals surface area (Å²) in [6.07, 6.45) is 0. The molecule has 1 unspecified atom stereocenters. The molecule has 1 rings (SSSR count). The fraction of sp³-hybridized carbons (Fsp3) is 0.533. The number of hydrogen-bond donors (Lipinski definition) is 2. The molecule has 0 aliphatic rings. The fourth-order valence-electron chi connectivity index (χ4n) is 1.89. The fourth-order valence-corrected chi connectivity index (χ4v) is 3.27. The molecule has 2 N–H and O–H groups in total. The molecule has 0 saturated heterocycles. The zero-order valence-corrected chi connectivity index (χ0v) is 14.8. The third-order valence-corrected chi connectivity index (χ3v) is 4.60. The van der Waals surface area contributed by atoms with Crippen molar-refractivity contribution in [1.82, 2.24) is 10.2 Å². The molecule has 8 heteroatoms. The van der Waals surface area contributed by atoms with Gasteiger partial charge in [0.25, 0.3) is 0 Å². The molecule has 130 valence electrons. The Balaban J connectivity index is 2.57. The zero-order chi connectivity index (χ0) is 17.5. The molecule has 1 aromatic carbocycles. The van der Waals surface area contributed by atoms with Crippen LogP contribution in [0.4, 0.5) is 5.69 Å². The lowest BCUT2D eigenvalue weighted by atomic mass is 10.2. The quantitative estimate of drug-likeness (QED) is 0.691. The molecule has 0 bridgehead atoms. The summed E-state index contributed by atoms with van der Waals surface area (Å²) in [5.41, 5.74) is 0.407. The van der Waals surface area contributed by atoms with Crippen LogP contribution in [0.3, 0.4) is 0 Å². The van der Waals surface area contributed by atoms with Crippen LogP contribution in [0.15, 0.2) is 24.3 Å². The summed E-state index contributed by atoms with van der Waals surface area (Å²) in [7, 11) is 1.69. The number of rotatable bonds is 9. The lowest BCUT2D eigenvalue weighted by Crippen LogP contribution is -2.37. The molecule has 0 heterocycles. The van der Waals surface area contributed by atoms with Crippen molar-refractivity contribution >= 4 is 21.6 Å². The molecular weight excluding hydrogens is 318 g/mol. The van der Waals surface area contributed by atoms with E-state index in [9.17, 15) is 13.2 Å². The highest BCUT2D eigenvalue weighted by molar-refractivity contribution is 7.92. The minimum atomic E-state index is -3.62. The number of methoxy groups -OCH3 is 1. The van der Waals surface area contributed by atoms with E-state index in [0.717, 1.165) is 0 Å².